The Labute approximate surface area is 131 Å². The van der Waals surface area contributed by atoms with Gasteiger partial charge in [-0.05, 0) is 26.2 Å². The van der Waals surface area contributed by atoms with E-state index in [4.69, 9.17) is 10.5 Å². The normalized spacial score (nSPS) is 33.0. The maximum absolute atomic E-state index is 12.8. The number of carbonyl (C=O) groups excluding carboxylic acids is 1. The van der Waals surface area contributed by atoms with Crippen LogP contribution in [0.5, 0.6) is 0 Å². The average Bonchev–Trinajstić information content (AvgIpc) is 2.94. The summed E-state index contributed by atoms with van der Waals surface area (Å²) in [5.74, 6) is 0.327. The predicted octanol–water partition coefficient (Wildman–Crippen LogP) is 1.01. The minimum Gasteiger partial charge on any atom is -0.367 e. The number of hydrogen-bond acceptors (Lipinski definition) is 4. The Morgan fingerprint density at radius 2 is 2.32 bits per heavy atom. The largest absolute Gasteiger partial charge is 0.367 e. The van der Waals surface area contributed by atoms with E-state index in [1.54, 1.807) is 4.68 Å². The predicted molar refractivity (Wildman–Crippen MR) is 83.0 cm³/mol. The van der Waals surface area contributed by atoms with Gasteiger partial charge in [-0.25, -0.2) is 0 Å². The van der Waals surface area contributed by atoms with Crippen LogP contribution < -0.4 is 5.73 Å². The molecule has 6 nitrogen and oxygen atoms in total. The van der Waals surface area contributed by atoms with Crippen molar-refractivity contribution in [1.29, 1.82) is 0 Å². The molecule has 1 aromatic heterocycles. The fraction of sp³-hybridized carbons (Fsp3) is 0.750. The van der Waals surface area contributed by atoms with E-state index in [1.165, 1.54) is 0 Å². The second-order valence-electron chi connectivity index (χ2n) is 6.87. The van der Waals surface area contributed by atoms with E-state index in [0.717, 1.165) is 31.2 Å². The Morgan fingerprint density at radius 1 is 1.50 bits per heavy atom. The monoisotopic (exact) mass is 306 g/mol. The topological polar surface area (TPSA) is 73.4 Å². The third-order valence-corrected chi connectivity index (χ3v) is 4.97. The number of ether oxygens (including phenoxy) is 1. The summed E-state index contributed by atoms with van der Waals surface area (Å²) in [6.07, 6.45) is 7.67. The van der Waals surface area contributed by atoms with Crippen molar-refractivity contribution >= 4 is 5.91 Å². The first-order valence-corrected chi connectivity index (χ1v) is 8.15. The Kier molecular flexibility index (Phi) is 4.23. The zero-order valence-corrected chi connectivity index (χ0v) is 13.5. The Balaban J connectivity index is 1.71. The fourth-order valence-electron chi connectivity index (χ4n) is 3.64. The molecule has 2 fully saturated rings. The minimum absolute atomic E-state index is 0.0833. The quantitative estimate of drug-likeness (QED) is 0.885. The highest BCUT2D eigenvalue weighted by atomic mass is 16.5. The van der Waals surface area contributed by atoms with Gasteiger partial charge in [-0.3, -0.25) is 9.48 Å². The lowest BCUT2D eigenvalue weighted by atomic mass is 9.84. The number of morpholine rings is 1. The van der Waals surface area contributed by atoms with Gasteiger partial charge in [0.1, 0.15) is 5.60 Å². The molecule has 0 bridgehead atoms. The summed E-state index contributed by atoms with van der Waals surface area (Å²) < 4.78 is 7.75. The molecular weight excluding hydrogens is 280 g/mol. The number of hydrogen-bond donors (Lipinski definition) is 1. The molecule has 1 saturated carbocycles. The highest BCUT2D eigenvalue weighted by Crippen LogP contribution is 2.31. The molecule has 0 radical (unpaired) electrons. The van der Waals surface area contributed by atoms with E-state index in [0.29, 0.717) is 19.7 Å². The third kappa shape index (κ3) is 3.03. The van der Waals surface area contributed by atoms with Crippen LogP contribution in [-0.2, 0) is 22.2 Å². The highest BCUT2D eigenvalue weighted by Gasteiger charge is 2.39. The molecule has 0 unspecified atom stereocenters. The van der Waals surface area contributed by atoms with Gasteiger partial charge in [-0.1, -0.05) is 6.42 Å². The van der Waals surface area contributed by atoms with E-state index in [1.807, 2.05) is 31.3 Å². The second kappa shape index (κ2) is 6.01. The summed E-state index contributed by atoms with van der Waals surface area (Å²) in [6, 6.07) is 0.174. The zero-order chi connectivity index (χ0) is 15.7. The summed E-state index contributed by atoms with van der Waals surface area (Å²) in [7, 11) is 1.89. The van der Waals surface area contributed by atoms with Crippen LogP contribution >= 0.6 is 0 Å². The van der Waals surface area contributed by atoms with Gasteiger partial charge in [-0.2, -0.15) is 5.10 Å². The van der Waals surface area contributed by atoms with Crippen LogP contribution in [0, 0.1) is 5.92 Å². The van der Waals surface area contributed by atoms with Crippen molar-refractivity contribution in [2.24, 2.45) is 18.7 Å². The lowest BCUT2D eigenvalue weighted by Crippen LogP contribution is -2.52. The van der Waals surface area contributed by atoms with Crippen molar-refractivity contribution in [3.8, 4) is 0 Å². The SMILES string of the molecule is Cn1cc([C@]2(C)CN(C(=O)[C@@H]3CCC[C@H](N)C3)CCO2)cn1. The van der Waals surface area contributed by atoms with Crippen LogP contribution in [0.4, 0.5) is 0 Å². The summed E-state index contributed by atoms with van der Waals surface area (Å²) in [6.45, 7) is 3.86. The number of rotatable bonds is 2. The molecule has 2 N–H and O–H groups in total. The van der Waals surface area contributed by atoms with E-state index < -0.39 is 5.60 Å². The first-order chi connectivity index (χ1) is 10.5. The number of nitrogens with two attached hydrogens (primary N) is 1. The number of nitrogens with zero attached hydrogens (tertiary/aromatic N) is 3. The van der Waals surface area contributed by atoms with Gasteiger partial charge >= 0.3 is 0 Å². The Hall–Kier alpha value is -1.40. The molecule has 22 heavy (non-hydrogen) atoms. The van der Waals surface area contributed by atoms with Gasteiger partial charge < -0.3 is 15.4 Å². The van der Waals surface area contributed by atoms with Crippen molar-refractivity contribution in [2.75, 3.05) is 19.7 Å². The van der Waals surface area contributed by atoms with Crippen LogP contribution in [0.2, 0.25) is 0 Å². The van der Waals surface area contributed by atoms with Crippen molar-refractivity contribution in [3.63, 3.8) is 0 Å². The molecule has 6 heteroatoms. The second-order valence-corrected chi connectivity index (χ2v) is 6.87. The lowest BCUT2D eigenvalue weighted by molar-refractivity contribution is -0.154. The van der Waals surface area contributed by atoms with Gasteiger partial charge in [0, 0.05) is 37.3 Å². The van der Waals surface area contributed by atoms with Crippen molar-refractivity contribution in [3.05, 3.63) is 18.0 Å². The fourth-order valence-corrected chi connectivity index (χ4v) is 3.64. The smallest absolute Gasteiger partial charge is 0.225 e. The number of aryl methyl sites for hydroxylation is 1. The molecule has 122 valence electrons. The summed E-state index contributed by atoms with van der Waals surface area (Å²) in [4.78, 5) is 14.8. The third-order valence-electron chi connectivity index (χ3n) is 4.97. The van der Waals surface area contributed by atoms with Crippen LogP contribution in [0.1, 0.15) is 38.2 Å². The summed E-state index contributed by atoms with van der Waals surface area (Å²) in [5, 5.41) is 4.22. The molecule has 1 aromatic rings. The maximum atomic E-state index is 12.8. The Morgan fingerprint density at radius 3 is 3.00 bits per heavy atom. The molecule has 3 rings (SSSR count). The van der Waals surface area contributed by atoms with Gasteiger partial charge in [0.15, 0.2) is 0 Å². The van der Waals surface area contributed by atoms with Crippen LogP contribution in [0.3, 0.4) is 0 Å². The minimum atomic E-state index is -0.473. The standard InChI is InChI=1S/C16H26N4O2/c1-16(13-9-18-19(2)10-13)11-20(6-7-22-16)15(21)12-4-3-5-14(17)8-12/h9-10,12,14H,3-8,11,17H2,1-2H3/t12-,14+,16+/m1/s1. The molecule has 3 atom stereocenters. The first-order valence-electron chi connectivity index (χ1n) is 8.15. The van der Waals surface area contributed by atoms with Gasteiger partial charge in [-0.15, -0.1) is 0 Å². The van der Waals surface area contributed by atoms with Crippen LogP contribution in [-0.4, -0.2) is 46.3 Å². The molecule has 2 aliphatic rings. The van der Waals surface area contributed by atoms with Crippen molar-refractivity contribution < 1.29 is 9.53 Å². The number of carbonyl (C=O) groups is 1. The molecule has 0 aromatic carbocycles. The van der Waals surface area contributed by atoms with Gasteiger partial charge in [0.05, 0.1) is 19.3 Å². The summed E-state index contributed by atoms with van der Waals surface area (Å²) >= 11 is 0. The lowest BCUT2D eigenvalue weighted by Gasteiger charge is -2.42. The van der Waals surface area contributed by atoms with Crippen LogP contribution in [0.15, 0.2) is 12.4 Å². The average molecular weight is 306 g/mol. The molecule has 2 heterocycles. The summed E-state index contributed by atoms with van der Waals surface area (Å²) in [5.41, 5.74) is 6.58. The van der Waals surface area contributed by atoms with E-state index in [2.05, 4.69) is 5.10 Å². The molecule has 1 saturated heterocycles. The first kappa shape index (κ1) is 15.5. The highest BCUT2D eigenvalue weighted by molar-refractivity contribution is 5.79. The maximum Gasteiger partial charge on any atom is 0.225 e. The Bertz CT molecular complexity index is 544. The van der Waals surface area contributed by atoms with Gasteiger partial charge in [0.2, 0.25) is 5.91 Å². The molecule has 0 spiro atoms. The number of aromatic nitrogens is 2. The van der Waals surface area contributed by atoms with Crippen molar-refractivity contribution in [2.45, 2.75) is 44.2 Å². The number of amides is 1. The van der Waals surface area contributed by atoms with E-state index in [9.17, 15) is 4.79 Å². The van der Waals surface area contributed by atoms with Gasteiger partial charge in [0.25, 0.3) is 0 Å². The molecule has 1 amide bonds. The van der Waals surface area contributed by atoms with E-state index in [-0.39, 0.29) is 17.9 Å². The van der Waals surface area contributed by atoms with E-state index >= 15 is 0 Å². The van der Waals surface area contributed by atoms with Crippen molar-refractivity contribution in [1.82, 2.24) is 14.7 Å². The zero-order valence-electron chi connectivity index (χ0n) is 13.5. The molecule has 1 aliphatic heterocycles. The molecule has 1 aliphatic carbocycles. The molecular formula is C16H26N4O2. The van der Waals surface area contributed by atoms with Crippen LogP contribution in [0.25, 0.3) is 0 Å².